The van der Waals surface area contributed by atoms with Gasteiger partial charge in [-0.15, -0.1) is 0 Å². The number of aryl methyl sites for hydroxylation is 2. The van der Waals surface area contributed by atoms with Crippen molar-refractivity contribution in [1.29, 1.82) is 0 Å². The summed E-state index contributed by atoms with van der Waals surface area (Å²) in [5.74, 6) is 3.33. The Kier molecular flexibility index (Phi) is 6.58. The number of rotatable bonds is 9. The molecule has 1 unspecified atom stereocenters. The van der Waals surface area contributed by atoms with E-state index in [2.05, 4.69) is 10.1 Å². The van der Waals surface area contributed by atoms with Crippen LogP contribution in [0, 0.1) is 0 Å². The highest BCUT2D eigenvalue weighted by molar-refractivity contribution is 5.79. The van der Waals surface area contributed by atoms with Crippen LogP contribution in [0.15, 0.2) is 47.0 Å². The second kappa shape index (κ2) is 9.72. The second-order valence-corrected chi connectivity index (χ2v) is 7.76. The molecule has 0 spiro atoms. The third-order valence-corrected chi connectivity index (χ3v) is 5.67. The quantitative estimate of drug-likeness (QED) is 0.507. The zero-order chi connectivity index (χ0) is 22.5. The van der Waals surface area contributed by atoms with E-state index >= 15 is 0 Å². The van der Waals surface area contributed by atoms with Gasteiger partial charge in [0.1, 0.15) is 5.75 Å². The third kappa shape index (κ3) is 4.85. The summed E-state index contributed by atoms with van der Waals surface area (Å²) >= 11 is 0. The number of methoxy groups -OCH3 is 3. The van der Waals surface area contributed by atoms with Crippen LogP contribution < -0.4 is 14.2 Å². The van der Waals surface area contributed by atoms with Gasteiger partial charge in [-0.25, -0.2) is 0 Å². The summed E-state index contributed by atoms with van der Waals surface area (Å²) in [6, 6.07) is 13.6. The first-order valence-electron chi connectivity index (χ1n) is 10.5. The van der Waals surface area contributed by atoms with Gasteiger partial charge in [-0.05, 0) is 41.8 Å². The van der Waals surface area contributed by atoms with Crippen LogP contribution in [-0.4, -0.2) is 48.8 Å². The Bertz CT molecular complexity index is 1060. The topological polar surface area (TPSA) is 86.9 Å². The molecule has 2 aromatic carbocycles. The lowest BCUT2D eigenvalue weighted by atomic mass is 10.1. The molecule has 1 fully saturated rings. The van der Waals surface area contributed by atoms with Crippen LogP contribution in [0.1, 0.15) is 35.2 Å². The SMILES string of the molecule is COc1ccc(CCc2nc(C3CC(=O)N(Cc4ccc(OC)c(OC)c4)C3)no2)cc1. The maximum atomic E-state index is 12.6. The van der Waals surface area contributed by atoms with E-state index in [4.69, 9.17) is 18.7 Å². The van der Waals surface area contributed by atoms with E-state index in [0.29, 0.717) is 49.1 Å². The van der Waals surface area contributed by atoms with Crippen molar-refractivity contribution in [3.05, 3.63) is 65.3 Å². The maximum Gasteiger partial charge on any atom is 0.226 e. The molecule has 1 atom stereocenters. The predicted octanol–water partition coefficient (Wildman–Crippen LogP) is 3.40. The molecular weight excluding hydrogens is 410 g/mol. The fourth-order valence-corrected chi connectivity index (χ4v) is 3.88. The second-order valence-electron chi connectivity index (χ2n) is 7.76. The Morgan fingerprint density at radius 2 is 1.72 bits per heavy atom. The summed E-state index contributed by atoms with van der Waals surface area (Å²) in [5, 5.41) is 4.14. The molecule has 3 aromatic rings. The first kappa shape index (κ1) is 21.7. The van der Waals surface area contributed by atoms with Gasteiger partial charge in [0.2, 0.25) is 11.8 Å². The lowest BCUT2D eigenvalue weighted by Gasteiger charge is -2.17. The Morgan fingerprint density at radius 1 is 0.969 bits per heavy atom. The van der Waals surface area contributed by atoms with Crippen LogP contribution in [0.3, 0.4) is 0 Å². The molecule has 32 heavy (non-hydrogen) atoms. The predicted molar refractivity (Wildman–Crippen MR) is 117 cm³/mol. The maximum absolute atomic E-state index is 12.6. The van der Waals surface area contributed by atoms with Crippen LogP contribution in [0.25, 0.3) is 0 Å². The minimum atomic E-state index is -0.0684. The van der Waals surface area contributed by atoms with Crippen molar-refractivity contribution in [2.75, 3.05) is 27.9 Å². The molecule has 1 aliphatic heterocycles. The standard InChI is InChI=1S/C24H27N3O5/c1-29-19-8-4-16(5-9-19)7-11-22-25-24(26-32-22)18-13-23(28)27(15-18)14-17-6-10-20(30-2)21(12-17)31-3/h4-6,8-10,12,18H,7,11,13-15H2,1-3H3. The molecule has 2 heterocycles. The van der Waals surface area contributed by atoms with E-state index in [0.717, 1.165) is 17.7 Å². The number of hydrogen-bond acceptors (Lipinski definition) is 7. The van der Waals surface area contributed by atoms with Gasteiger partial charge in [-0.3, -0.25) is 4.79 Å². The van der Waals surface area contributed by atoms with Gasteiger partial charge in [0.05, 0.1) is 21.3 Å². The molecule has 1 saturated heterocycles. The zero-order valence-electron chi connectivity index (χ0n) is 18.5. The molecule has 0 N–H and O–H groups in total. The monoisotopic (exact) mass is 437 g/mol. The van der Waals surface area contributed by atoms with Crippen molar-refractivity contribution >= 4 is 5.91 Å². The number of aromatic nitrogens is 2. The van der Waals surface area contributed by atoms with E-state index in [-0.39, 0.29) is 11.8 Å². The van der Waals surface area contributed by atoms with Crippen LogP contribution in [0.5, 0.6) is 17.2 Å². The third-order valence-electron chi connectivity index (χ3n) is 5.67. The molecule has 4 rings (SSSR count). The molecular formula is C24H27N3O5. The average molecular weight is 437 g/mol. The molecule has 1 amide bonds. The Labute approximate surface area is 187 Å². The van der Waals surface area contributed by atoms with Crippen molar-refractivity contribution in [2.45, 2.75) is 31.7 Å². The van der Waals surface area contributed by atoms with Gasteiger partial charge in [0.25, 0.3) is 0 Å². The average Bonchev–Trinajstić information content (AvgIpc) is 3.44. The summed E-state index contributed by atoms with van der Waals surface area (Å²) in [6.07, 6.45) is 1.82. The van der Waals surface area contributed by atoms with Crippen molar-refractivity contribution in [1.82, 2.24) is 15.0 Å². The molecule has 1 aromatic heterocycles. The highest BCUT2D eigenvalue weighted by atomic mass is 16.5. The van der Waals surface area contributed by atoms with Crippen LogP contribution in [0.4, 0.5) is 0 Å². The van der Waals surface area contributed by atoms with E-state index in [1.54, 1.807) is 21.3 Å². The number of hydrogen-bond donors (Lipinski definition) is 0. The summed E-state index contributed by atoms with van der Waals surface area (Å²) in [7, 11) is 4.85. The number of likely N-dealkylation sites (tertiary alicyclic amines) is 1. The Morgan fingerprint density at radius 3 is 2.44 bits per heavy atom. The molecule has 8 nitrogen and oxygen atoms in total. The first-order valence-corrected chi connectivity index (χ1v) is 10.5. The molecule has 0 radical (unpaired) electrons. The highest BCUT2D eigenvalue weighted by Crippen LogP contribution is 2.31. The molecule has 168 valence electrons. The van der Waals surface area contributed by atoms with E-state index < -0.39 is 0 Å². The minimum Gasteiger partial charge on any atom is -0.497 e. The van der Waals surface area contributed by atoms with Gasteiger partial charge in [-0.2, -0.15) is 4.98 Å². The largest absolute Gasteiger partial charge is 0.497 e. The fourth-order valence-electron chi connectivity index (χ4n) is 3.88. The number of benzene rings is 2. The number of nitrogens with zero attached hydrogens (tertiary/aromatic N) is 3. The van der Waals surface area contributed by atoms with Crippen LogP contribution in [0.2, 0.25) is 0 Å². The summed E-state index contributed by atoms with van der Waals surface area (Å²) in [4.78, 5) is 19.0. The van der Waals surface area contributed by atoms with Crippen molar-refractivity contribution in [3.63, 3.8) is 0 Å². The minimum absolute atomic E-state index is 0.0684. The summed E-state index contributed by atoms with van der Waals surface area (Å²) < 4.78 is 21.3. The first-order chi connectivity index (χ1) is 15.6. The van der Waals surface area contributed by atoms with Crippen LogP contribution >= 0.6 is 0 Å². The van der Waals surface area contributed by atoms with Crippen molar-refractivity contribution in [3.8, 4) is 17.2 Å². The lowest BCUT2D eigenvalue weighted by molar-refractivity contribution is -0.128. The van der Waals surface area contributed by atoms with Gasteiger partial charge in [0.15, 0.2) is 17.3 Å². The van der Waals surface area contributed by atoms with Gasteiger partial charge in [-0.1, -0.05) is 23.4 Å². The Hall–Kier alpha value is -3.55. The summed E-state index contributed by atoms with van der Waals surface area (Å²) in [5.41, 5.74) is 2.15. The highest BCUT2D eigenvalue weighted by Gasteiger charge is 2.33. The zero-order valence-corrected chi connectivity index (χ0v) is 18.5. The van der Waals surface area contributed by atoms with Gasteiger partial charge in [0, 0.05) is 31.8 Å². The molecule has 8 heteroatoms. The van der Waals surface area contributed by atoms with E-state index in [1.807, 2.05) is 47.4 Å². The number of amides is 1. The van der Waals surface area contributed by atoms with Crippen molar-refractivity contribution in [2.24, 2.45) is 0 Å². The Balaban J connectivity index is 1.35. The normalized spacial score (nSPS) is 15.8. The molecule has 1 aliphatic rings. The number of ether oxygens (including phenoxy) is 3. The summed E-state index contributed by atoms with van der Waals surface area (Å²) in [6.45, 7) is 1.06. The smallest absolute Gasteiger partial charge is 0.226 e. The fraction of sp³-hybridized carbons (Fsp3) is 0.375. The molecule has 0 bridgehead atoms. The van der Waals surface area contributed by atoms with E-state index in [9.17, 15) is 4.79 Å². The molecule has 0 aliphatic carbocycles. The lowest BCUT2D eigenvalue weighted by Crippen LogP contribution is -2.24. The molecule has 0 saturated carbocycles. The van der Waals surface area contributed by atoms with Gasteiger partial charge >= 0.3 is 0 Å². The van der Waals surface area contributed by atoms with Gasteiger partial charge < -0.3 is 23.6 Å². The van der Waals surface area contributed by atoms with Crippen molar-refractivity contribution < 1.29 is 23.5 Å². The number of carbonyl (C=O) groups excluding carboxylic acids is 1. The van der Waals surface area contributed by atoms with Crippen LogP contribution in [-0.2, 0) is 24.2 Å². The number of carbonyl (C=O) groups is 1. The van der Waals surface area contributed by atoms with E-state index in [1.165, 1.54) is 5.56 Å².